The Balaban J connectivity index is 1.83. The van der Waals surface area contributed by atoms with Crippen LogP contribution in [0.15, 0.2) is 30.0 Å². The summed E-state index contributed by atoms with van der Waals surface area (Å²) in [6.45, 7) is 3.61. The highest BCUT2D eigenvalue weighted by Crippen LogP contribution is 2.28. The SMILES string of the molecule is CC(=O)Nc1ccc2c(c1)CCC(=CN1CCCC1)C2=O. The van der Waals surface area contributed by atoms with Crippen LogP contribution in [-0.2, 0) is 11.2 Å². The standard InChI is InChI=1S/C17H20N2O2/c1-12(20)18-15-6-7-16-13(10-15)4-5-14(17(16)21)11-19-8-2-3-9-19/h6-7,10-11H,2-5,8-9H2,1H3,(H,18,20). The van der Waals surface area contributed by atoms with Crippen LogP contribution in [0.4, 0.5) is 5.69 Å². The van der Waals surface area contributed by atoms with E-state index < -0.39 is 0 Å². The fourth-order valence-corrected chi connectivity index (χ4v) is 3.07. The summed E-state index contributed by atoms with van der Waals surface area (Å²) in [7, 11) is 0. The Hall–Kier alpha value is -2.10. The zero-order valence-corrected chi connectivity index (χ0v) is 12.3. The Bertz CT molecular complexity index is 613. The Kier molecular flexibility index (Phi) is 3.78. The Morgan fingerprint density at radius 3 is 2.71 bits per heavy atom. The molecule has 110 valence electrons. The number of ketones is 1. The van der Waals surface area contributed by atoms with Crippen molar-refractivity contribution in [1.82, 2.24) is 4.90 Å². The number of likely N-dealkylation sites (tertiary alicyclic amines) is 1. The molecule has 1 aliphatic carbocycles. The number of carbonyl (C=O) groups is 2. The largest absolute Gasteiger partial charge is 0.377 e. The molecular formula is C17H20N2O2. The molecule has 4 heteroatoms. The van der Waals surface area contributed by atoms with Crippen LogP contribution < -0.4 is 5.32 Å². The van der Waals surface area contributed by atoms with Gasteiger partial charge in [-0.15, -0.1) is 0 Å². The average Bonchev–Trinajstić information content (AvgIpc) is 2.94. The van der Waals surface area contributed by atoms with Crippen molar-refractivity contribution < 1.29 is 9.59 Å². The van der Waals surface area contributed by atoms with Gasteiger partial charge < -0.3 is 10.2 Å². The third-order valence-corrected chi connectivity index (χ3v) is 4.10. The molecule has 3 rings (SSSR count). The van der Waals surface area contributed by atoms with Crippen molar-refractivity contribution in [2.24, 2.45) is 0 Å². The summed E-state index contributed by atoms with van der Waals surface area (Å²) in [4.78, 5) is 25.9. The van der Waals surface area contributed by atoms with Crippen LogP contribution in [0.25, 0.3) is 0 Å². The van der Waals surface area contributed by atoms with Crippen molar-refractivity contribution in [3.8, 4) is 0 Å². The van der Waals surface area contributed by atoms with Crippen molar-refractivity contribution in [2.45, 2.75) is 32.6 Å². The fraction of sp³-hybridized carbons (Fsp3) is 0.412. The molecule has 1 aromatic carbocycles. The summed E-state index contributed by atoms with van der Waals surface area (Å²) in [6, 6.07) is 5.55. The number of fused-ring (bicyclic) bond motifs is 1. The zero-order chi connectivity index (χ0) is 14.8. The van der Waals surface area contributed by atoms with Crippen molar-refractivity contribution in [1.29, 1.82) is 0 Å². The number of nitrogens with one attached hydrogen (secondary N) is 1. The smallest absolute Gasteiger partial charge is 0.221 e. The average molecular weight is 284 g/mol. The lowest BCUT2D eigenvalue weighted by atomic mass is 9.87. The zero-order valence-electron chi connectivity index (χ0n) is 12.3. The monoisotopic (exact) mass is 284 g/mol. The molecule has 0 saturated carbocycles. The number of Topliss-reactive ketones (excluding diaryl/α,β-unsaturated/α-hetero) is 1. The van der Waals surface area contributed by atoms with Gasteiger partial charge in [-0.25, -0.2) is 0 Å². The van der Waals surface area contributed by atoms with E-state index in [4.69, 9.17) is 0 Å². The van der Waals surface area contributed by atoms with Crippen LogP contribution in [0.3, 0.4) is 0 Å². The molecule has 1 aromatic rings. The summed E-state index contributed by atoms with van der Waals surface area (Å²) >= 11 is 0. The van der Waals surface area contributed by atoms with Crippen molar-refractivity contribution in [3.63, 3.8) is 0 Å². The topological polar surface area (TPSA) is 49.4 Å². The molecule has 2 aliphatic rings. The fourth-order valence-electron chi connectivity index (χ4n) is 3.07. The first-order chi connectivity index (χ1) is 10.1. The number of anilines is 1. The van der Waals surface area contributed by atoms with Gasteiger partial charge in [0.15, 0.2) is 5.78 Å². The minimum atomic E-state index is -0.0910. The molecule has 0 radical (unpaired) electrons. The minimum Gasteiger partial charge on any atom is -0.377 e. The normalized spacial score (nSPS) is 19.8. The highest BCUT2D eigenvalue weighted by atomic mass is 16.1. The summed E-state index contributed by atoms with van der Waals surface area (Å²) in [5, 5.41) is 2.77. The maximum atomic E-state index is 12.6. The van der Waals surface area contributed by atoms with Crippen LogP contribution in [-0.4, -0.2) is 29.7 Å². The lowest BCUT2D eigenvalue weighted by Gasteiger charge is -2.21. The molecule has 1 heterocycles. The number of allylic oxidation sites excluding steroid dienone is 1. The quantitative estimate of drug-likeness (QED) is 0.850. The molecule has 21 heavy (non-hydrogen) atoms. The molecule has 1 fully saturated rings. The summed E-state index contributed by atoms with van der Waals surface area (Å²) < 4.78 is 0. The van der Waals surface area contributed by atoms with Gasteiger partial charge in [-0.1, -0.05) is 0 Å². The Morgan fingerprint density at radius 2 is 2.00 bits per heavy atom. The first-order valence-electron chi connectivity index (χ1n) is 7.53. The number of amides is 1. The van der Waals surface area contributed by atoms with Gasteiger partial charge in [-0.2, -0.15) is 0 Å². The molecule has 0 atom stereocenters. The van der Waals surface area contributed by atoms with Crippen LogP contribution in [0, 0.1) is 0 Å². The molecule has 0 spiro atoms. The van der Waals surface area contributed by atoms with Crippen molar-refractivity contribution in [2.75, 3.05) is 18.4 Å². The van der Waals surface area contributed by atoms with Gasteiger partial charge in [0.1, 0.15) is 0 Å². The number of nitrogens with zero attached hydrogens (tertiary/aromatic N) is 1. The van der Waals surface area contributed by atoms with E-state index in [0.29, 0.717) is 0 Å². The molecule has 1 saturated heterocycles. The summed E-state index contributed by atoms with van der Waals surface area (Å²) in [5.41, 5.74) is 3.49. The van der Waals surface area contributed by atoms with E-state index in [9.17, 15) is 9.59 Å². The van der Waals surface area contributed by atoms with E-state index in [1.807, 2.05) is 12.1 Å². The van der Waals surface area contributed by atoms with Gasteiger partial charge in [-0.05, 0) is 49.4 Å². The molecule has 1 amide bonds. The van der Waals surface area contributed by atoms with Crippen LogP contribution in [0.2, 0.25) is 0 Å². The lowest BCUT2D eigenvalue weighted by Crippen LogP contribution is -2.19. The summed E-state index contributed by atoms with van der Waals surface area (Å²) in [5.74, 6) is 0.0456. The predicted octanol–water partition coefficient (Wildman–Crippen LogP) is 2.75. The van der Waals surface area contributed by atoms with E-state index in [-0.39, 0.29) is 11.7 Å². The Labute approximate surface area is 124 Å². The Morgan fingerprint density at radius 1 is 1.24 bits per heavy atom. The molecule has 0 aromatic heterocycles. The van der Waals surface area contributed by atoms with E-state index in [2.05, 4.69) is 16.4 Å². The first-order valence-corrected chi connectivity index (χ1v) is 7.53. The van der Waals surface area contributed by atoms with E-state index in [1.165, 1.54) is 19.8 Å². The molecule has 1 aliphatic heterocycles. The molecular weight excluding hydrogens is 264 g/mol. The third kappa shape index (κ3) is 2.99. The van der Waals surface area contributed by atoms with Crippen molar-refractivity contribution >= 4 is 17.4 Å². The minimum absolute atomic E-state index is 0.0910. The number of aryl methyl sites for hydroxylation is 1. The molecule has 0 unspecified atom stereocenters. The number of hydrogen-bond donors (Lipinski definition) is 1. The number of rotatable bonds is 2. The second-order valence-electron chi connectivity index (χ2n) is 5.78. The molecule has 1 N–H and O–H groups in total. The van der Waals surface area contributed by atoms with Crippen LogP contribution in [0.5, 0.6) is 0 Å². The second-order valence-corrected chi connectivity index (χ2v) is 5.78. The first kappa shape index (κ1) is 13.9. The van der Waals surface area contributed by atoms with Gasteiger partial charge >= 0.3 is 0 Å². The number of carbonyl (C=O) groups excluding carboxylic acids is 2. The molecule has 4 nitrogen and oxygen atoms in total. The molecule has 0 bridgehead atoms. The van der Waals surface area contributed by atoms with Crippen LogP contribution in [0.1, 0.15) is 42.1 Å². The van der Waals surface area contributed by atoms with Gasteiger partial charge in [0.2, 0.25) is 5.91 Å². The number of hydrogen-bond acceptors (Lipinski definition) is 3. The highest BCUT2D eigenvalue weighted by molar-refractivity contribution is 6.11. The maximum absolute atomic E-state index is 12.6. The van der Waals surface area contributed by atoms with Gasteiger partial charge in [0.05, 0.1) is 0 Å². The van der Waals surface area contributed by atoms with E-state index in [1.54, 1.807) is 6.07 Å². The maximum Gasteiger partial charge on any atom is 0.221 e. The number of benzene rings is 1. The lowest BCUT2D eigenvalue weighted by molar-refractivity contribution is -0.114. The van der Waals surface area contributed by atoms with Gasteiger partial charge in [-0.3, -0.25) is 9.59 Å². The second kappa shape index (κ2) is 5.72. The van der Waals surface area contributed by atoms with E-state index >= 15 is 0 Å². The van der Waals surface area contributed by atoms with Gasteiger partial charge in [0.25, 0.3) is 0 Å². The predicted molar refractivity (Wildman–Crippen MR) is 82.3 cm³/mol. The summed E-state index contributed by atoms with van der Waals surface area (Å²) in [6.07, 6.45) is 6.13. The van der Waals surface area contributed by atoms with Crippen molar-refractivity contribution in [3.05, 3.63) is 41.1 Å². The van der Waals surface area contributed by atoms with E-state index in [0.717, 1.165) is 48.3 Å². The van der Waals surface area contributed by atoms with Crippen LogP contribution >= 0.6 is 0 Å². The highest BCUT2D eigenvalue weighted by Gasteiger charge is 2.23. The van der Waals surface area contributed by atoms with Gasteiger partial charge in [0, 0.05) is 43.0 Å². The third-order valence-electron chi connectivity index (χ3n) is 4.10.